The number of aromatic nitrogens is 3. The molecule has 1 atom stereocenters. The highest BCUT2D eigenvalue weighted by atomic mass is 35.5. The molecule has 2 heterocycles. The molecular formula is C16H18Cl2N4S. The van der Waals surface area contributed by atoms with Gasteiger partial charge in [0.1, 0.15) is 5.82 Å². The van der Waals surface area contributed by atoms with Crippen LogP contribution in [0.15, 0.2) is 17.5 Å². The average molecular weight is 369 g/mol. The number of hydrogen-bond donors (Lipinski definition) is 1. The van der Waals surface area contributed by atoms with Crippen LogP contribution in [0.5, 0.6) is 0 Å². The summed E-state index contributed by atoms with van der Waals surface area (Å²) < 4.78 is 2.20. The molecule has 0 aliphatic heterocycles. The monoisotopic (exact) mass is 368 g/mol. The standard InChI is InChI=1S/C16H18Cl2N4S/c1-4-5-22-14-7-12(18)11(17)6-13(14)21-15(22)10(3)20-16-19-9(2)8-23-16/h6-8,10H,4-5H2,1-3H3,(H,19,20). The molecule has 3 rings (SSSR count). The number of fused-ring (bicyclic) bond motifs is 1. The smallest absolute Gasteiger partial charge is 0.183 e. The second kappa shape index (κ2) is 6.67. The lowest BCUT2D eigenvalue weighted by molar-refractivity contribution is 0.628. The van der Waals surface area contributed by atoms with Gasteiger partial charge in [0.2, 0.25) is 0 Å². The van der Waals surface area contributed by atoms with E-state index in [9.17, 15) is 0 Å². The number of rotatable bonds is 5. The van der Waals surface area contributed by atoms with Crippen molar-refractivity contribution in [3.05, 3.63) is 39.1 Å². The van der Waals surface area contributed by atoms with E-state index in [0.29, 0.717) is 10.0 Å². The minimum Gasteiger partial charge on any atom is -0.352 e. The van der Waals surface area contributed by atoms with Crippen LogP contribution >= 0.6 is 34.5 Å². The van der Waals surface area contributed by atoms with Crippen molar-refractivity contribution in [2.24, 2.45) is 0 Å². The quantitative estimate of drug-likeness (QED) is 0.628. The van der Waals surface area contributed by atoms with Crippen molar-refractivity contribution in [2.45, 2.75) is 39.8 Å². The van der Waals surface area contributed by atoms with Crippen molar-refractivity contribution in [1.82, 2.24) is 14.5 Å². The summed E-state index contributed by atoms with van der Waals surface area (Å²) >= 11 is 13.9. The van der Waals surface area contributed by atoms with E-state index in [2.05, 4.69) is 28.7 Å². The molecular weight excluding hydrogens is 351 g/mol. The zero-order chi connectivity index (χ0) is 16.6. The molecule has 0 radical (unpaired) electrons. The van der Waals surface area contributed by atoms with E-state index in [1.165, 1.54) is 0 Å². The molecule has 0 saturated heterocycles. The first kappa shape index (κ1) is 16.6. The van der Waals surface area contributed by atoms with E-state index < -0.39 is 0 Å². The van der Waals surface area contributed by atoms with Crippen molar-refractivity contribution < 1.29 is 0 Å². The largest absolute Gasteiger partial charge is 0.352 e. The fourth-order valence-electron chi connectivity index (χ4n) is 2.60. The van der Waals surface area contributed by atoms with Gasteiger partial charge in [0.05, 0.1) is 32.8 Å². The topological polar surface area (TPSA) is 42.7 Å². The van der Waals surface area contributed by atoms with Crippen LogP contribution in [-0.4, -0.2) is 14.5 Å². The Labute approximate surface area is 149 Å². The molecule has 0 saturated carbocycles. The molecule has 23 heavy (non-hydrogen) atoms. The first-order chi connectivity index (χ1) is 11.0. The molecule has 0 aliphatic rings. The third-order valence-corrected chi connectivity index (χ3v) is 5.23. The predicted octanol–water partition coefficient (Wildman–Crippen LogP) is 5.69. The van der Waals surface area contributed by atoms with Crippen LogP contribution in [-0.2, 0) is 6.54 Å². The maximum atomic E-state index is 6.18. The highest BCUT2D eigenvalue weighted by Crippen LogP contribution is 2.31. The summed E-state index contributed by atoms with van der Waals surface area (Å²) in [7, 11) is 0. The third-order valence-electron chi connectivity index (χ3n) is 3.61. The molecule has 1 unspecified atom stereocenters. The predicted molar refractivity (Wildman–Crippen MR) is 98.9 cm³/mol. The minimum absolute atomic E-state index is 0.0389. The van der Waals surface area contributed by atoms with Crippen LogP contribution in [0, 0.1) is 6.92 Å². The molecule has 122 valence electrons. The zero-order valence-corrected chi connectivity index (χ0v) is 15.6. The second-order valence-corrected chi connectivity index (χ2v) is 7.21. The lowest BCUT2D eigenvalue weighted by atomic mass is 10.3. The number of nitrogens with zero attached hydrogens (tertiary/aromatic N) is 3. The molecule has 1 N–H and O–H groups in total. The summed E-state index contributed by atoms with van der Waals surface area (Å²) in [6.45, 7) is 7.11. The summed E-state index contributed by atoms with van der Waals surface area (Å²) in [4.78, 5) is 9.23. The Morgan fingerprint density at radius 3 is 2.65 bits per heavy atom. The van der Waals surface area contributed by atoms with E-state index in [0.717, 1.165) is 40.6 Å². The van der Waals surface area contributed by atoms with Crippen LogP contribution in [0.25, 0.3) is 11.0 Å². The summed E-state index contributed by atoms with van der Waals surface area (Å²) in [5, 5.41) is 7.45. The fraction of sp³-hybridized carbons (Fsp3) is 0.375. The van der Waals surface area contributed by atoms with Gasteiger partial charge in [-0.25, -0.2) is 9.97 Å². The minimum atomic E-state index is 0.0389. The highest BCUT2D eigenvalue weighted by Gasteiger charge is 2.18. The number of nitrogens with one attached hydrogen (secondary N) is 1. The van der Waals surface area contributed by atoms with Crippen LogP contribution in [0.3, 0.4) is 0 Å². The van der Waals surface area contributed by atoms with E-state index in [4.69, 9.17) is 28.2 Å². The summed E-state index contributed by atoms with van der Waals surface area (Å²) in [6.07, 6.45) is 1.02. The molecule has 7 heteroatoms. The van der Waals surface area contributed by atoms with Crippen molar-refractivity contribution >= 4 is 50.7 Å². The summed E-state index contributed by atoms with van der Waals surface area (Å²) in [5.74, 6) is 0.966. The second-order valence-electron chi connectivity index (χ2n) is 5.54. The number of halogens is 2. The van der Waals surface area contributed by atoms with Gasteiger partial charge in [-0.05, 0) is 32.4 Å². The van der Waals surface area contributed by atoms with E-state index >= 15 is 0 Å². The maximum Gasteiger partial charge on any atom is 0.183 e. The van der Waals surface area contributed by atoms with Gasteiger partial charge < -0.3 is 9.88 Å². The lowest BCUT2D eigenvalue weighted by Gasteiger charge is -2.15. The number of imidazole rings is 1. The molecule has 0 fully saturated rings. The van der Waals surface area contributed by atoms with Gasteiger partial charge in [0.25, 0.3) is 0 Å². The van der Waals surface area contributed by atoms with Gasteiger partial charge in [0.15, 0.2) is 5.13 Å². The van der Waals surface area contributed by atoms with Gasteiger partial charge in [0, 0.05) is 11.9 Å². The molecule has 1 aromatic carbocycles. The number of aryl methyl sites for hydroxylation is 2. The Morgan fingerprint density at radius 1 is 1.26 bits per heavy atom. The maximum absolute atomic E-state index is 6.18. The number of benzene rings is 1. The van der Waals surface area contributed by atoms with Crippen molar-refractivity contribution in [1.29, 1.82) is 0 Å². The first-order valence-corrected chi connectivity index (χ1v) is 9.17. The molecule has 0 amide bonds. The average Bonchev–Trinajstić information content (AvgIpc) is 3.05. The molecule has 2 aromatic heterocycles. The van der Waals surface area contributed by atoms with Gasteiger partial charge in [-0.1, -0.05) is 30.1 Å². The Bertz CT molecular complexity index is 840. The summed E-state index contributed by atoms with van der Waals surface area (Å²) in [6, 6.07) is 3.76. The van der Waals surface area contributed by atoms with Crippen molar-refractivity contribution in [3.63, 3.8) is 0 Å². The Hall–Kier alpha value is -1.30. The molecule has 0 aliphatic carbocycles. The molecule has 4 nitrogen and oxygen atoms in total. The fourth-order valence-corrected chi connectivity index (χ4v) is 3.69. The SMILES string of the molecule is CCCn1c(C(C)Nc2nc(C)cs2)nc2cc(Cl)c(Cl)cc21. The third kappa shape index (κ3) is 3.32. The molecule has 3 aromatic rings. The number of anilines is 1. The van der Waals surface area contributed by atoms with Gasteiger partial charge in [-0.15, -0.1) is 11.3 Å². The Balaban J connectivity index is 2.02. The van der Waals surface area contributed by atoms with Gasteiger partial charge >= 0.3 is 0 Å². The van der Waals surface area contributed by atoms with Gasteiger partial charge in [-0.3, -0.25) is 0 Å². The van der Waals surface area contributed by atoms with Gasteiger partial charge in [-0.2, -0.15) is 0 Å². The highest BCUT2D eigenvalue weighted by molar-refractivity contribution is 7.13. The first-order valence-electron chi connectivity index (χ1n) is 7.53. The van der Waals surface area contributed by atoms with Crippen LogP contribution in [0.4, 0.5) is 5.13 Å². The van der Waals surface area contributed by atoms with Crippen LogP contribution < -0.4 is 5.32 Å². The Morgan fingerprint density at radius 2 is 2.00 bits per heavy atom. The van der Waals surface area contributed by atoms with Crippen molar-refractivity contribution in [3.8, 4) is 0 Å². The summed E-state index contributed by atoms with van der Waals surface area (Å²) in [5.41, 5.74) is 2.90. The normalized spacial score (nSPS) is 12.7. The number of thiazole rings is 1. The zero-order valence-electron chi connectivity index (χ0n) is 13.2. The van der Waals surface area contributed by atoms with E-state index in [-0.39, 0.29) is 6.04 Å². The van der Waals surface area contributed by atoms with E-state index in [1.54, 1.807) is 11.3 Å². The molecule has 0 bridgehead atoms. The van der Waals surface area contributed by atoms with Crippen molar-refractivity contribution in [2.75, 3.05) is 5.32 Å². The number of hydrogen-bond acceptors (Lipinski definition) is 4. The Kier molecular flexibility index (Phi) is 4.80. The van der Waals surface area contributed by atoms with Crippen LogP contribution in [0.2, 0.25) is 10.0 Å². The lowest BCUT2D eigenvalue weighted by Crippen LogP contribution is -2.14. The molecule has 0 spiro atoms. The van der Waals surface area contributed by atoms with Crippen LogP contribution in [0.1, 0.15) is 37.8 Å². The van der Waals surface area contributed by atoms with E-state index in [1.807, 2.05) is 24.4 Å².